The van der Waals surface area contributed by atoms with Gasteiger partial charge < -0.3 is 19.9 Å². The van der Waals surface area contributed by atoms with Crippen molar-refractivity contribution < 1.29 is 14.2 Å². The van der Waals surface area contributed by atoms with Crippen molar-refractivity contribution in [1.82, 2.24) is 0 Å². The Bertz CT molecular complexity index is 342. The Labute approximate surface area is 95.3 Å². The molecule has 4 nitrogen and oxygen atoms in total. The second kappa shape index (κ2) is 4.41. The second-order valence-electron chi connectivity index (χ2n) is 4.06. The van der Waals surface area contributed by atoms with E-state index in [1.165, 1.54) is 0 Å². The Morgan fingerprint density at radius 3 is 2.31 bits per heavy atom. The maximum atomic E-state index is 5.71. The van der Waals surface area contributed by atoms with Gasteiger partial charge in [0.1, 0.15) is 5.75 Å². The summed E-state index contributed by atoms with van der Waals surface area (Å²) >= 11 is 0. The van der Waals surface area contributed by atoms with Gasteiger partial charge in [-0.25, -0.2) is 0 Å². The molecular weight excluding hydrogens is 206 g/mol. The van der Waals surface area contributed by atoms with Crippen molar-refractivity contribution in [2.24, 2.45) is 5.73 Å². The van der Waals surface area contributed by atoms with Crippen LogP contribution < -0.4 is 10.5 Å². The number of methoxy groups -OCH3 is 1. The first-order valence-electron chi connectivity index (χ1n) is 5.32. The average Bonchev–Trinajstić information content (AvgIpc) is 2.33. The zero-order chi connectivity index (χ0) is 11.6. The van der Waals surface area contributed by atoms with Crippen LogP contribution in [0.1, 0.15) is 12.5 Å². The van der Waals surface area contributed by atoms with E-state index in [2.05, 4.69) is 0 Å². The lowest BCUT2D eigenvalue weighted by atomic mass is 10.1. The zero-order valence-corrected chi connectivity index (χ0v) is 9.60. The largest absolute Gasteiger partial charge is 0.497 e. The number of hydrogen-bond acceptors (Lipinski definition) is 4. The number of benzene rings is 1. The molecule has 0 aromatic heterocycles. The van der Waals surface area contributed by atoms with Gasteiger partial charge in [-0.2, -0.15) is 0 Å². The highest BCUT2D eigenvalue weighted by Crippen LogP contribution is 2.30. The summed E-state index contributed by atoms with van der Waals surface area (Å²) in [5.41, 5.74) is 6.68. The van der Waals surface area contributed by atoms with Crippen LogP contribution >= 0.6 is 0 Å². The number of rotatable bonds is 2. The highest BCUT2D eigenvalue weighted by atomic mass is 16.7. The van der Waals surface area contributed by atoms with Gasteiger partial charge in [-0.1, -0.05) is 0 Å². The van der Waals surface area contributed by atoms with Crippen LogP contribution in [-0.2, 0) is 15.3 Å². The fraction of sp³-hybridized carbons (Fsp3) is 0.500. The minimum atomic E-state index is -0.692. The normalized spacial score (nSPS) is 30.1. The summed E-state index contributed by atoms with van der Waals surface area (Å²) in [6.45, 7) is 2.94. The molecule has 1 fully saturated rings. The topological polar surface area (TPSA) is 53.7 Å². The summed E-state index contributed by atoms with van der Waals surface area (Å²) in [7, 11) is 1.64. The predicted octanol–water partition coefficient (Wildman–Crippen LogP) is 1.24. The van der Waals surface area contributed by atoms with Gasteiger partial charge in [0.05, 0.1) is 26.4 Å². The van der Waals surface area contributed by atoms with Gasteiger partial charge in [0.15, 0.2) is 5.79 Å². The molecule has 0 amide bonds. The Morgan fingerprint density at radius 2 is 1.81 bits per heavy atom. The molecule has 1 aliphatic rings. The van der Waals surface area contributed by atoms with Gasteiger partial charge in [-0.15, -0.1) is 0 Å². The highest BCUT2D eigenvalue weighted by molar-refractivity contribution is 5.29. The third-order valence-corrected chi connectivity index (χ3v) is 2.76. The number of ether oxygens (including phenoxy) is 3. The molecule has 0 atom stereocenters. The smallest absolute Gasteiger partial charge is 0.192 e. The van der Waals surface area contributed by atoms with Crippen LogP contribution in [0.5, 0.6) is 5.75 Å². The van der Waals surface area contributed by atoms with Gasteiger partial charge in [0, 0.05) is 5.56 Å². The molecule has 88 valence electrons. The maximum absolute atomic E-state index is 5.71. The molecule has 0 spiro atoms. The molecule has 1 aromatic carbocycles. The summed E-state index contributed by atoms with van der Waals surface area (Å²) in [4.78, 5) is 0. The third kappa shape index (κ3) is 2.19. The Kier molecular flexibility index (Phi) is 3.14. The molecule has 2 N–H and O–H groups in total. The fourth-order valence-corrected chi connectivity index (χ4v) is 1.68. The minimum absolute atomic E-state index is 0.0358. The second-order valence-corrected chi connectivity index (χ2v) is 4.06. The van der Waals surface area contributed by atoms with E-state index in [-0.39, 0.29) is 6.04 Å². The lowest BCUT2D eigenvalue weighted by Crippen LogP contribution is -2.45. The van der Waals surface area contributed by atoms with Crippen molar-refractivity contribution in [2.75, 3.05) is 20.3 Å². The molecule has 0 radical (unpaired) electrons. The summed E-state index contributed by atoms with van der Waals surface area (Å²) in [5, 5.41) is 0. The van der Waals surface area contributed by atoms with Crippen LogP contribution in [0.25, 0.3) is 0 Å². The summed E-state index contributed by atoms with van der Waals surface area (Å²) in [6, 6.07) is 7.63. The van der Waals surface area contributed by atoms with Crippen molar-refractivity contribution >= 4 is 0 Å². The van der Waals surface area contributed by atoms with Crippen molar-refractivity contribution in [2.45, 2.75) is 18.8 Å². The maximum Gasteiger partial charge on any atom is 0.192 e. The predicted molar refractivity (Wildman–Crippen MR) is 60.2 cm³/mol. The van der Waals surface area contributed by atoms with Crippen molar-refractivity contribution in [3.05, 3.63) is 29.8 Å². The SMILES string of the molecule is COc1ccc(C2(C)OCC(N)CO2)cc1. The molecule has 16 heavy (non-hydrogen) atoms. The van der Waals surface area contributed by atoms with Crippen LogP contribution in [0.4, 0.5) is 0 Å². The van der Waals surface area contributed by atoms with Crippen molar-refractivity contribution in [3.63, 3.8) is 0 Å². The fourth-order valence-electron chi connectivity index (χ4n) is 1.68. The Morgan fingerprint density at radius 1 is 1.25 bits per heavy atom. The zero-order valence-electron chi connectivity index (χ0n) is 9.60. The van der Waals surface area contributed by atoms with Crippen LogP contribution in [0.3, 0.4) is 0 Å². The van der Waals surface area contributed by atoms with Crippen LogP contribution in [0.2, 0.25) is 0 Å². The van der Waals surface area contributed by atoms with Crippen LogP contribution in [0.15, 0.2) is 24.3 Å². The summed E-state index contributed by atoms with van der Waals surface area (Å²) in [6.07, 6.45) is 0. The summed E-state index contributed by atoms with van der Waals surface area (Å²) < 4.78 is 16.4. The average molecular weight is 223 g/mol. The first kappa shape index (κ1) is 11.4. The van der Waals surface area contributed by atoms with E-state index >= 15 is 0 Å². The van der Waals surface area contributed by atoms with E-state index in [1.54, 1.807) is 7.11 Å². The van der Waals surface area contributed by atoms with Gasteiger partial charge in [0.2, 0.25) is 0 Å². The molecule has 0 bridgehead atoms. The van der Waals surface area contributed by atoms with Crippen molar-refractivity contribution in [3.8, 4) is 5.75 Å². The third-order valence-electron chi connectivity index (χ3n) is 2.76. The molecule has 1 saturated heterocycles. The van der Waals surface area contributed by atoms with E-state index in [0.717, 1.165) is 11.3 Å². The van der Waals surface area contributed by atoms with Gasteiger partial charge >= 0.3 is 0 Å². The summed E-state index contributed by atoms with van der Waals surface area (Å²) in [5.74, 6) is 0.127. The Balaban J connectivity index is 2.16. The van der Waals surface area contributed by atoms with Gasteiger partial charge in [-0.05, 0) is 31.2 Å². The molecule has 1 heterocycles. The molecule has 1 aliphatic heterocycles. The lowest BCUT2D eigenvalue weighted by Gasteiger charge is -2.36. The number of hydrogen-bond donors (Lipinski definition) is 1. The first-order chi connectivity index (χ1) is 7.64. The molecule has 0 unspecified atom stereocenters. The Hall–Kier alpha value is -1.10. The van der Waals surface area contributed by atoms with E-state index in [0.29, 0.717) is 13.2 Å². The number of nitrogens with two attached hydrogens (primary N) is 1. The van der Waals surface area contributed by atoms with Crippen LogP contribution in [0, 0.1) is 0 Å². The molecule has 0 saturated carbocycles. The van der Waals surface area contributed by atoms with E-state index in [9.17, 15) is 0 Å². The van der Waals surface area contributed by atoms with E-state index in [1.807, 2.05) is 31.2 Å². The molecule has 1 aromatic rings. The van der Waals surface area contributed by atoms with E-state index in [4.69, 9.17) is 19.9 Å². The lowest BCUT2D eigenvalue weighted by molar-refractivity contribution is -0.270. The van der Waals surface area contributed by atoms with E-state index < -0.39 is 5.79 Å². The molecule has 2 rings (SSSR count). The monoisotopic (exact) mass is 223 g/mol. The quantitative estimate of drug-likeness (QED) is 0.819. The van der Waals surface area contributed by atoms with Crippen molar-refractivity contribution in [1.29, 1.82) is 0 Å². The molecule has 0 aliphatic carbocycles. The molecule has 4 heteroatoms. The van der Waals surface area contributed by atoms with Gasteiger partial charge in [-0.3, -0.25) is 0 Å². The standard InChI is InChI=1S/C12H17NO3/c1-12(15-7-10(13)8-16-12)9-3-5-11(14-2)6-4-9/h3-6,10H,7-8,13H2,1-2H3. The highest BCUT2D eigenvalue weighted by Gasteiger charge is 2.33. The van der Waals surface area contributed by atoms with Gasteiger partial charge in [0.25, 0.3) is 0 Å². The van der Waals surface area contributed by atoms with Crippen LogP contribution in [-0.4, -0.2) is 26.4 Å². The molecular formula is C12H17NO3. The minimum Gasteiger partial charge on any atom is -0.497 e. The first-order valence-corrected chi connectivity index (χ1v) is 5.32.